The predicted molar refractivity (Wildman–Crippen MR) is 67.0 cm³/mol. The highest BCUT2D eigenvalue weighted by molar-refractivity contribution is 5.92. The summed E-state index contributed by atoms with van der Waals surface area (Å²) in [5.41, 5.74) is 2.60. The molecule has 0 amide bonds. The molecule has 2 rings (SSSR count). The van der Waals surface area contributed by atoms with E-state index >= 15 is 0 Å². The van der Waals surface area contributed by atoms with Gasteiger partial charge in [0.15, 0.2) is 5.78 Å². The molecule has 86 valence electrons. The molecule has 16 heavy (non-hydrogen) atoms. The largest absolute Gasteiger partial charge is 0.295 e. The fourth-order valence-electron chi connectivity index (χ4n) is 2.85. The van der Waals surface area contributed by atoms with Crippen molar-refractivity contribution >= 4 is 5.78 Å². The Morgan fingerprint density at radius 1 is 1.56 bits per heavy atom. The number of rotatable bonds is 1. The lowest BCUT2D eigenvalue weighted by molar-refractivity contribution is -0.117. The van der Waals surface area contributed by atoms with Crippen molar-refractivity contribution in [2.45, 2.75) is 33.6 Å². The maximum atomic E-state index is 11.6. The SMILES string of the molecule is C=C(C)[C@H]1C=CC2=CC(=O)C[C@H](C)[C@@]2(C)C1. The third-order valence-corrected chi connectivity index (χ3v) is 4.36. The first-order valence-electron chi connectivity index (χ1n) is 6.02. The van der Waals surface area contributed by atoms with Gasteiger partial charge < -0.3 is 0 Å². The summed E-state index contributed by atoms with van der Waals surface area (Å²) in [5.74, 6) is 1.18. The van der Waals surface area contributed by atoms with Crippen molar-refractivity contribution in [2.24, 2.45) is 17.3 Å². The first kappa shape index (κ1) is 11.4. The predicted octanol–water partition coefficient (Wildman–Crippen LogP) is 3.68. The van der Waals surface area contributed by atoms with Crippen LogP contribution in [0, 0.1) is 17.3 Å². The molecule has 0 aromatic carbocycles. The summed E-state index contributed by atoms with van der Waals surface area (Å²) in [5, 5.41) is 0. The molecule has 0 N–H and O–H groups in total. The standard InChI is InChI=1S/C15H20O/c1-10(2)12-5-6-13-8-14(16)7-11(3)15(13,4)9-12/h5-6,8,11-12H,1,7,9H2,2-4H3/t11-,12-,15+/m0/s1. The summed E-state index contributed by atoms with van der Waals surface area (Å²) in [6.45, 7) is 10.6. The van der Waals surface area contributed by atoms with Crippen molar-refractivity contribution in [3.63, 3.8) is 0 Å². The highest BCUT2D eigenvalue weighted by Gasteiger charge is 2.41. The highest BCUT2D eigenvalue weighted by atomic mass is 16.1. The maximum Gasteiger partial charge on any atom is 0.156 e. The van der Waals surface area contributed by atoms with Crippen LogP contribution in [0.3, 0.4) is 0 Å². The molecule has 0 aromatic heterocycles. The molecule has 0 fully saturated rings. The van der Waals surface area contributed by atoms with Gasteiger partial charge in [0.25, 0.3) is 0 Å². The normalized spacial score (nSPS) is 37.9. The van der Waals surface area contributed by atoms with E-state index in [1.807, 2.05) is 6.08 Å². The average Bonchev–Trinajstić information content (AvgIpc) is 2.19. The lowest BCUT2D eigenvalue weighted by atomic mass is 9.60. The summed E-state index contributed by atoms with van der Waals surface area (Å²) in [6, 6.07) is 0. The first-order chi connectivity index (χ1) is 7.43. The van der Waals surface area contributed by atoms with Gasteiger partial charge in [-0.05, 0) is 42.2 Å². The van der Waals surface area contributed by atoms with Crippen LogP contribution in [0.4, 0.5) is 0 Å². The van der Waals surface area contributed by atoms with E-state index in [1.165, 1.54) is 11.1 Å². The summed E-state index contributed by atoms with van der Waals surface area (Å²) < 4.78 is 0. The monoisotopic (exact) mass is 216 g/mol. The molecular formula is C15H20O. The van der Waals surface area contributed by atoms with Crippen molar-refractivity contribution in [1.82, 2.24) is 0 Å². The van der Waals surface area contributed by atoms with Gasteiger partial charge in [0.1, 0.15) is 0 Å². The van der Waals surface area contributed by atoms with Gasteiger partial charge >= 0.3 is 0 Å². The average molecular weight is 216 g/mol. The van der Waals surface area contributed by atoms with Gasteiger partial charge in [0.05, 0.1) is 0 Å². The number of carbonyl (C=O) groups is 1. The number of fused-ring (bicyclic) bond motifs is 1. The third-order valence-electron chi connectivity index (χ3n) is 4.36. The second-order valence-corrected chi connectivity index (χ2v) is 5.60. The fourth-order valence-corrected chi connectivity index (χ4v) is 2.85. The topological polar surface area (TPSA) is 17.1 Å². The Morgan fingerprint density at radius 3 is 2.88 bits per heavy atom. The number of carbonyl (C=O) groups excluding carboxylic acids is 1. The van der Waals surface area contributed by atoms with Gasteiger partial charge in [-0.1, -0.05) is 38.2 Å². The van der Waals surface area contributed by atoms with E-state index in [9.17, 15) is 4.79 Å². The third kappa shape index (κ3) is 1.68. The minimum atomic E-state index is 0.159. The lowest BCUT2D eigenvalue weighted by Gasteiger charge is -2.44. The molecule has 1 heteroatoms. The summed E-state index contributed by atoms with van der Waals surface area (Å²) in [7, 11) is 0. The van der Waals surface area contributed by atoms with E-state index in [4.69, 9.17) is 0 Å². The zero-order valence-electron chi connectivity index (χ0n) is 10.4. The second kappa shape index (κ2) is 3.73. The van der Waals surface area contributed by atoms with Crippen LogP contribution >= 0.6 is 0 Å². The Balaban J connectivity index is 2.41. The van der Waals surface area contributed by atoms with Crippen LogP contribution in [-0.4, -0.2) is 5.78 Å². The van der Waals surface area contributed by atoms with E-state index in [-0.39, 0.29) is 11.2 Å². The van der Waals surface area contributed by atoms with E-state index < -0.39 is 0 Å². The summed E-state index contributed by atoms with van der Waals surface area (Å²) in [6.07, 6.45) is 7.96. The van der Waals surface area contributed by atoms with Crippen LogP contribution < -0.4 is 0 Å². The smallest absolute Gasteiger partial charge is 0.156 e. The number of ketones is 1. The van der Waals surface area contributed by atoms with Crippen LogP contribution in [0.5, 0.6) is 0 Å². The van der Waals surface area contributed by atoms with Crippen LogP contribution in [0.15, 0.2) is 36.0 Å². The lowest BCUT2D eigenvalue weighted by Crippen LogP contribution is -2.36. The number of hydrogen-bond donors (Lipinski definition) is 0. The van der Waals surface area contributed by atoms with Gasteiger partial charge in [-0.25, -0.2) is 0 Å². The molecule has 0 saturated carbocycles. The Morgan fingerprint density at radius 2 is 2.25 bits per heavy atom. The van der Waals surface area contributed by atoms with Crippen LogP contribution in [0.2, 0.25) is 0 Å². The van der Waals surface area contributed by atoms with Crippen LogP contribution in [-0.2, 0) is 4.79 Å². The quantitative estimate of drug-likeness (QED) is 0.611. The minimum Gasteiger partial charge on any atom is -0.295 e. The molecule has 0 unspecified atom stereocenters. The molecule has 1 nitrogen and oxygen atoms in total. The molecule has 2 aliphatic rings. The zero-order valence-corrected chi connectivity index (χ0v) is 10.4. The van der Waals surface area contributed by atoms with Crippen molar-refractivity contribution in [3.05, 3.63) is 36.0 Å². The van der Waals surface area contributed by atoms with Gasteiger partial charge in [0, 0.05) is 6.42 Å². The second-order valence-electron chi connectivity index (χ2n) is 5.60. The highest BCUT2D eigenvalue weighted by Crippen LogP contribution is 2.49. The van der Waals surface area contributed by atoms with E-state index in [0.29, 0.717) is 18.3 Å². The maximum absolute atomic E-state index is 11.6. The van der Waals surface area contributed by atoms with E-state index in [1.54, 1.807) is 0 Å². The molecule has 3 atom stereocenters. The van der Waals surface area contributed by atoms with Gasteiger partial charge in [-0.15, -0.1) is 0 Å². The first-order valence-corrected chi connectivity index (χ1v) is 6.02. The molecular weight excluding hydrogens is 196 g/mol. The Hall–Kier alpha value is -1.11. The van der Waals surface area contributed by atoms with E-state index in [0.717, 1.165) is 6.42 Å². The molecule has 0 saturated heterocycles. The molecule has 0 radical (unpaired) electrons. The van der Waals surface area contributed by atoms with E-state index in [2.05, 4.69) is 39.5 Å². The molecule has 0 bridgehead atoms. The molecule has 0 heterocycles. The van der Waals surface area contributed by atoms with Gasteiger partial charge in [0.2, 0.25) is 0 Å². The number of hydrogen-bond acceptors (Lipinski definition) is 1. The Labute approximate surface area is 97.9 Å². The zero-order chi connectivity index (χ0) is 11.9. The van der Waals surface area contributed by atoms with Crippen LogP contribution in [0.25, 0.3) is 0 Å². The van der Waals surface area contributed by atoms with Crippen LogP contribution in [0.1, 0.15) is 33.6 Å². The minimum absolute atomic E-state index is 0.159. The number of allylic oxidation sites excluding steroid dienone is 5. The summed E-state index contributed by atoms with van der Waals surface area (Å²) >= 11 is 0. The Kier molecular flexibility index (Phi) is 2.65. The Bertz CT molecular complexity index is 400. The molecule has 0 aromatic rings. The molecule has 0 spiro atoms. The summed E-state index contributed by atoms with van der Waals surface area (Å²) in [4.78, 5) is 11.6. The van der Waals surface area contributed by atoms with Crippen molar-refractivity contribution < 1.29 is 4.79 Å². The van der Waals surface area contributed by atoms with Crippen molar-refractivity contribution in [1.29, 1.82) is 0 Å². The van der Waals surface area contributed by atoms with Gasteiger partial charge in [-0.3, -0.25) is 4.79 Å². The van der Waals surface area contributed by atoms with Crippen molar-refractivity contribution in [2.75, 3.05) is 0 Å². The van der Waals surface area contributed by atoms with Crippen molar-refractivity contribution in [3.8, 4) is 0 Å². The molecule has 2 aliphatic carbocycles. The fraction of sp³-hybridized carbons (Fsp3) is 0.533. The van der Waals surface area contributed by atoms with Gasteiger partial charge in [-0.2, -0.15) is 0 Å². The molecule has 0 aliphatic heterocycles.